The van der Waals surface area contributed by atoms with Gasteiger partial charge in [0.1, 0.15) is 25.2 Å². The molecule has 13 nitrogen and oxygen atoms in total. The number of carbonyl (C=O) groups excluding carboxylic acids is 4. The van der Waals surface area contributed by atoms with Gasteiger partial charge in [-0.3, -0.25) is 14.4 Å². The van der Waals surface area contributed by atoms with E-state index in [0.29, 0.717) is 11.5 Å². The van der Waals surface area contributed by atoms with Crippen LogP contribution in [-0.2, 0) is 41.6 Å². The molecule has 4 atom stereocenters. The number of esters is 3. The van der Waals surface area contributed by atoms with Crippen molar-refractivity contribution in [3.8, 4) is 23.0 Å². The number of nitrogens with one attached hydrogen (secondary N) is 1. The molecule has 2 aliphatic heterocycles. The molecule has 2 aliphatic rings. The van der Waals surface area contributed by atoms with Crippen LogP contribution in [0.15, 0.2) is 60.8 Å². The lowest BCUT2D eigenvalue weighted by molar-refractivity contribution is -0.176. The van der Waals surface area contributed by atoms with E-state index in [-0.39, 0.29) is 37.0 Å². The van der Waals surface area contributed by atoms with Gasteiger partial charge in [0.15, 0.2) is 40.8 Å². The molecule has 248 valence electrons. The van der Waals surface area contributed by atoms with Crippen LogP contribution in [0.25, 0.3) is 0 Å². The van der Waals surface area contributed by atoms with E-state index in [9.17, 15) is 19.2 Å². The van der Waals surface area contributed by atoms with Crippen molar-refractivity contribution in [1.82, 2.24) is 10.3 Å². The monoisotopic (exact) mass is 648 g/mol. The van der Waals surface area contributed by atoms with Crippen molar-refractivity contribution in [1.29, 1.82) is 0 Å². The third-order valence-electron chi connectivity index (χ3n) is 7.59. The van der Waals surface area contributed by atoms with E-state index in [1.165, 1.54) is 26.3 Å². The molecule has 0 aliphatic carbocycles. The molecule has 0 spiro atoms. The van der Waals surface area contributed by atoms with Crippen LogP contribution in [0.4, 0.5) is 0 Å². The van der Waals surface area contributed by atoms with Gasteiger partial charge in [0.05, 0.1) is 13.0 Å². The fourth-order valence-corrected chi connectivity index (χ4v) is 5.06. The first-order valence-electron chi connectivity index (χ1n) is 15.1. The first kappa shape index (κ1) is 33.0. The molecule has 47 heavy (non-hydrogen) atoms. The maximum absolute atomic E-state index is 13.6. The summed E-state index contributed by atoms with van der Waals surface area (Å²) in [6, 6.07) is 14.5. The third kappa shape index (κ3) is 7.91. The van der Waals surface area contributed by atoms with Crippen LogP contribution in [-0.4, -0.2) is 67.6 Å². The molecule has 1 aromatic heterocycles. The Labute approximate surface area is 271 Å². The second-order valence-corrected chi connectivity index (χ2v) is 11.3. The van der Waals surface area contributed by atoms with Crippen molar-refractivity contribution < 1.29 is 52.3 Å². The molecule has 3 aromatic rings. The summed E-state index contributed by atoms with van der Waals surface area (Å²) in [6.07, 6.45) is -0.689. The van der Waals surface area contributed by atoms with Crippen molar-refractivity contribution >= 4 is 23.8 Å². The molecule has 0 unspecified atom stereocenters. The van der Waals surface area contributed by atoms with Crippen LogP contribution in [0, 0.1) is 11.8 Å². The molecule has 1 fully saturated rings. The summed E-state index contributed by atoms with van der Waals surface area (Å²) in [5.74, 6) is -3.04. The Kier molecular flexibility index (Phi) is 10.4. The molecule has 1 amide bonds. The van der Waals surface area contributed by atoms with E-state index >= 15 is 0 Å². The number of pyridine rings is 1. The van der Waals surface area contributed by atoms with Gasteiger partial charge in [-0.1, -0.05) is 50.2 Å². The van der Waals surface area contributed by atoms with Crippen molar-refractivity contribution in [3.63, 3.8) is 0 Å². The maximum atomic E-state index is 13.6. The lowest BCUT2D eigenvalue weighted by Gasteiger charge is -2.29. The first-order chi connectivity index (χ1) is 22.6. The van der Waals surface area contributed by atoms with E-state index in [2.05, 4.69) is 10.3 Å². The van der Waals surface area contributed by atoms with Crippen LogP contribution in [0.1, 0.15) is 42.4 Å². The number of amides is 1. The quantitative estimate of drug-likeness (QED) is 0.253. The van der Waals surface area contributed by atoms with E-state index in [1.807, 2.05) is 30.3 Å². The number of methoxy groups -OCH3 is 1. The summed E-state index contributed by atoms with van der Waals surface area (Å²) in [6.45, 7) is 4.45. The minimum absolute atomic E-state index is 0.0237. The Morgan fingerprint density at radius 1 is 0.979 bits per heavy atom. The lowest BCUT2D eigenvalue weighted by Crippen LogP contribution is -2.47. The Hall–Kier alpha value is -5.33. The third-order valence-corrected chi connectivity index (χ3v) is 7.59. The Morgan fingerprint density at radius 2 is 1.74 bits per heavy atom. The van der Waals surface area contributed by atoms with Gasteiger partial charge < -0.3 is 38.5 Å². The van der Waals surface area contributed by atoms with Crippen LogP contribution in [0.5, 0.6) is 23.0 Å². The Morgan fingerprint density at radius 3 is 2.49 bits per heavy atom. The molecular weight excluding hydrogens is 612 g/mol. The minimum Gasteiger partial charge on any atom is -0.493 e. The van der Waals surface area contributed by atoms with Gasteiger partial charge in [-0.2, -0.15) is 0 Å². The predicted molar refractivity (Wildman–Crippen MR) is 164 cm³/mol. The molecule has 0 radical (unpaired) electrons. The molecule has 1 N–H and O–H groups in total. The standard InChI is InChI=1S/C34H36N2O11/c1-19(2)32(38)47-29-20(3)46-34(40)24(17-43-33(39)23(29)14-21-8-6-5-7-9-21)36-31(37)28-30(26(41-4)12-13-35-28)42-16-22-10-11-25-27(15-22)45-18-44-25/h5-13,15,19-20,23-24,29H,14,16-18H2,1-4H3,(H,36,37)/t20-,23+,24-,29-/m0/s1. The molecule has 2 aromatic carbocycles. The predicted octanol–water partition coefficient (Wildman–Crippen LogP) is 3.41. The van der Waals surface area contributed by atoms with Crippen LogP contribution in [0.3, 0.4) is 0 Å². The largest absolute Gasteiger partial charge is 0.493 e. The highest BCUT2D eigenvalue weighted by Crippen LogP contribution is 2.34. The highest BCUT2D eigenvalue weighted by atomic mass is 16.7. The van der Waals surface area contributed by atoms with Gasteiger partial charge in [0.25, 0.3) is 5.91 Å². The van der Waals surface area contributed by atoms with Gasteiger partial charge in [0.2, 0.25) is 6.79 Å². The topological polar surface area (TPSA) is 158 Å². The molecule has 0 saturated carbocycles. The summed E-state index contributed by atoms with van der Waals surface area (Å²) in [7, 11) is 1.41. The van der Waals surface area contributed by atoms with Gasteiger partial charge in [-0.25, -0.2) is 9.78 Å². The molecule has 0 bridgehead atoms. The number of ether oxygens (including phenoxy) is 7. The van der Waals surface area contributed by atoms with Crippen molar-refractivity contribution in [2.75, 3.05) is 20.5 Å². The highest BCUT2D eigenvalue weighted by molar-refractivity contribution is 5.98. The number of aromatic nitrogens is 1. The fraction of sp³-hybridized carbons (Fsp3) is 0.382. The van der Waals surface area contributed by atoms with E-state index in [4.69, 9.17) is 33.2 Å². The SMILES string of the molecule is COc1ccnc(C(=O)N[C@H]2COC(=O)[C@H](Cc3ccccc3)[C@@H](OC(=O)C(C)C)[C@H](C)OC2=O)c1OCc1ccc2c(c1)OCO2. The average molecular weight is 649 g/mol. The summed E-state index contributed by atoms with van der Waals surface area (Å²) >= 11 is 0. The van der Waals surface area contributed by atoms with Crippen molar-refractivity contribution in [3.05, 3.63) is 77.6 Å². The van der Waals surface area contributed by atoms with Crippen molar-refractivity contribution in [2.24, 2.45) is 11.8 Å². The molecule has 13 heteroatoms. The fourth-order valence-electron chi connectivity index (χ4n) is 5.06. The average Bonchev–Trinajstić information content (AvgIpc) is 3.55. The van der Waals surface area contributed by atoms with Crippen LogP contribution in [0.2, 0.25) is 0 Å². The number of rotatable bonds is 10. The van der Waals surface area contributed by atoms with Gasteiger partial charge in [-0.05, 0) is 36.6 Å². The van der Waals surface area contributed by atoms with E-state index in [1.54, 1.807) is 32.0 Å². The van der Waals surface area contributed by atoms with Gasteiger partial charge in [-0.15, -0.1) is 0 Å². The van der Waals surface area contributed by atoms with E-state index < -0.39 is 60.5 Å². The Balaban J connectivity index is 1.35. The van der Waals surface area contributed by atoms with Gasteiger partial charge in [0, 0.05) is 12.3 Å². The summed E-state index contributed by atoms with van der Waals surface area (Å²) in [5.41, 5.74) is 1.34. The number of benzene rings is 2. The Bertz CT molecular complexity index is 1610. The van der Waals surface area contributed by atoms with Crippen LogP contribution >= 0.6 is 0 Å². The van der Waals surface area contributed by atoms with Crippen LogP contribution < -0.4 is 24.3 Å². The zero-order valence-corrected chi connectivity index (χ0v) is 26.4. The zero-order valence-electron chi connectivity index (χ0n) is 26.4. The zero-order chi connectivity index (χ0) is 33.5. The second kappa shape index (κ2) is 14.8. The second-order valence-electron chi connectivity index (χ2n) is 11.3. The smallest absolute Gasteiger partial charge is 0.332 e. The highest BCUT2D eigenvalue weighted by Gasteiger charge is 2.42. The lowest BCUT2D eigenvalue weighted by atomic mass is 9.91. The normalized spacial score (nSPS) is 20.6. The molecule has 3 heterocycles. The molecule has 1 saturated heterocycles. The first-order valence-corrected chi connectivity index (χ1v) is 15.1. The van der Waals surface area contributed by atoms with E-state index in [0.717, 1.165) is 11.1 Å². The molecular formula is C34H36N2O11. The summed E-state index contributed by atoms with van der Waals surface area (Å²) in [5, 5.41) is 2.55. The maximum Gasteiger partial charge on any atom is 0.332 e. The number of carbonyl (C=O) groups is 4. The number of hydrogen-bond acceptors (Lipinski definition) is 12. The number of hydrogen-bond donors (Lipinski definition) is 1. The number of nitrogens with zero attached hydrogens (tertiary/aromatic N) is 1. The van der Waals surface area contributed by atoms with Gasteiger partial charge >= 0.3 is 17.9 Å². The summed E-state index contributed by atoms with van der Waals surface area (Å²) < 4.78 is 39.1. The number of fused-ring (bicyclic) bond motifs is 1. The summed E-state index contributed by atoms with van der Waals surface area (Å²) in [4.78, 5) is 57.3. The van der Waals surface area contributed by atoms with Crippen molar-refractivity contribution in [2.45, 2.75) is 52.0 Å². The minimum atomic E-state index is -1.42. The number of cyclic esters (lactones) is 2. The molecule has 5 rings (SSSR count).